The van der Waals surface area contributed by atoms with E-state index in [0.29, 0.717) is 25.8 Å². The van der Waals surface area contributed by atoms with E-state index in [4.69, 9.17) is 15.2 Å². The van der Waals surface area contributed by atoms with Crippen LogP contribution in [0.25, 0.3) is 0 Å². The fraction of sp³-hybridized carbons (Fsp3) is 0.442. The number of amides is 5. The Kier molecular flexibility index (Phi) is 17.7. The van der Waals surface area contributed by atoms with Crippen LogP contribution in [0.2, 0.25) is 0 Å². The van der Waals surface area contributed by atoms with Crippen LogP contribution in [0.1, 0.15) is 56.2 Å². The largest absolute Gasteiger partial charge is 0.467 e. The van der Waals surface area contributed by atoms with Crippen molar-refractivity contribution in [2.75, 3.05) is 20.2 Å². The molecule has 1 fully saturated rings. The van der Waals surface area contributed by atoms with Gasteiger partial charge in [-0.1, -0.05) is 111 Å². The van der Waals surface area contributed by atoms with E-state index in [9.17, 15) is 33.9 Å². The predicted octanol–water partition coefficient (Wildman–Crippen LogP) is 2.14. The standard InChI is InChI=1S/C43H56N6O9/c1-4-28(2)38(41(54)46-34(42(55)57-3)24-30-17-10-6-11-18-30)48-40(53)35-21-14-22-49(35)26-36(50)32(23-29-15-8-5-9-16-29)45-39(52)33(25-37(44)51)47-43(56)58-27-31-19-12-7-13-20-31/h5-13,15-20,28,32-36,38,50H,4,14,21-27H2,1-3H3,(H2,44,51)(H,45,52)(H,46,54)(H,47,56)(H,48,53)/t28-,32-,33-,34-,35-,36-,38-/m0/s1. The van der Waals surface area contributed by atoms with Gasteiger partial charge in [0, 0.05) is 13.0 Å². The van der Waals surface area contributed by atoms with Gasteiger partial charge in [-0.2, -0.15) is 0 Å². The monoisotopic (exact) mass is 800 g/mol. The second-order valence-electron chi connectivity index (χ2n) is 14.6. The highest BCUT2D eigenvalue weighted by molar-refractivity contribution is 5.93. The van der Waals surface area contributed by atoms with Gasteiger partial charge >= 0.3 is 12.1 Å². The van der Waals surface area contributed by atoms with Crippen LogP contribution in [-0.2, 0) is 52.9 Å². The maximum absolute atomic E-state index is 13.9. The first-order chi connectivity index (χ1) is 27.9. The second kappa shape index (κ2) is 22.8. The predicted molar refractivity (Wildman–Crippen MR) is 216 cm³/mol. The van der Waals surface area contributed by atoms with Crippen molar-refractivity contribution in [2.45, 2.75) is 95.3 Å². The number of methoxy groups -OCH3 is 1. The number of primary amides is 1. The van der Waals surface area contributed by atoms with Crippen molar-refractivity contribution in [1.82, 2.24) is 26.2 Å². The molecule has 3 aromatic carbocycles. The Hall–Kier alpha value is -5.80. The molecule has 4 rings (SSSR count). The van der Waals surface area contributed by atoms with Gasteiger partial charge in [-0.15, -0.1) is 0 Å². The number of nitrogens with one attached hydrogen (secondary N) is 4. The number of likely N-dealkylation sites (tertiary alicyclic amines) is 1. The molecule has 3 aromatic rings. The smallest absolute Gasteiger partial charge is 0.408 e. The van der Waals surface area contributed by atoms with Crippen molar-refractivity contribution in [2.24, 2.45) is 11.7 Å². The number of nitrogens with zero attached hydrogens (tertiary/aromatic N) is 1. The molecule has 1 heterocycles. The van der Waals surface area contributed by atoms with E-state index in [0.717, 1.165) is 16.7 Å². The van der Waals surface area contributed by atoms with Crippen molar-refractivity contribution in [3.8, 4) is 0 Å². The van der Waals surface area contributed by atoms with E-state index in [-0.39, 0.29) is 31.9 Å². The topological polar surface area (TPSA) is 218 Å². The van der Waals surface area contributed by atoms with Crippen LogP contribution in [0.5, 0.6) is 0 Å². The Morgan fingerprint density at radius 1 is 0.793 bits per heavy atom. The molecule has 5 amide bonds. The summed E-state index contributed by atoms with van der Waals surface area (Å²) in [5.74, 6) is -3.43. The number of rotatable bonds is 21. The number of nitrogens with two attached hydrogens (primary N) is 1. The Balaban J connectivity index is 1.45. The number of esters is 1. The number of carbonyl (C=O) groups is 6. The summed E-state index contributed by atoms with van der Waals surface area (Å²) in [4.78, 5) is 80.6. The first-order valence-electron chi connectivity index (χ1n) is 19.6. The number of ether oxygens (including phenoxy) is 2. The summed E-state index contributed by atoms with van der Waals surface area (Å²) >= 11 is 0. The van der Waals surface area contributed by atoms with Crippen molar-refractivity contribution in [1.29, 1.82) is 0 Å². The van der Waals surface area contributed by atoms with E-state index in [1.165, 1.54) is 7.11 Å². The number of aliphatic hydroxyl groups excluding tert-OH is 1. The molecule has 1 aliphatic heterocycles. The van der Waals surface area contributed by atoms with Gasteiger partial charge in [0.1, 0.15) is 24.7 Å². The van der Waals surface area contributed by atoms with Crippen LogP contribution in [0, 0.1) is 5.92 Å². The van der Waals surface area contributed by atoms with E-state index in [1.54, 1.807) is 24.3 Å². The molecular weight excluding hydrogens is 745 g/mol. The fourth-order valence-electron chi connectivity index (χ4n) is 6.86. The summed E-state index contributed by atoms with van der Waals surface area (Å²) in [6.07, 6.45) is -0.637. The molecule has 58 heavy (non-hydrogen) atoms. The highest BCUT2D eigenvalue weighted by Gasteiger charge is 2.38. The zero-order chi connectivity index (χ0) is 42.0. The number of benzene rings is 3. The molecule has 15 heteroatoms. The van der Waals surface area contributed by atoms with Crippen LogP contribution in [0.3, 0.4) is 0 Å². The minimum Gasteiger partial charge on any atom is -0.467 e. The normalized spacial score (nSPS) is 17.0. The van der Waals surface area contributed by atoms with E-state index < -0.39 is 78.4 Å². The zero-order valence-electron chi connectivity index (χ0n) is 33.3. The molecule has 1 saturated heterocycles. The van der Waals surface area contributed by atoms with E-state index in [2.05, 4.69) is 21.3 Å². The third kappa shape index (κ3) is 14.0. The van der Waals surface area contributed by atoms with Crippen molar-refractivity contribution in [3.05, 3.63) is 108 Å². The molecule has 0 unspecified atom stereocenters. The second-order valence-corrected chi connectivity index (χ2v) is 14.6. The molecule has 15 nitrogen and oxygen atoms in total. The highest BCUT2D eigenvalue weighted by Crippen LogP contribution is 2.21. The average molecular weight is 801 g/mol. The molecule has 1 aliphatic rings. The molecule has 7 atom stereocenters. The molecule has 0 saturated carbocycles. The molecule has 0 aromatic heterocycles. The molecule has 0 spiro atoms. The van der Waals surface area contributed by atoms with Gasteiger partial charge in [0.05, 0.1) is 31.7 Å². The van der Waals surface area contributed by atoms with E-state index >= 15 is 0 Å². The van der Waals surface area contributed by atoms with Gasteiger partial charge in [0.2, 0.25) is 23.6 Å². The lowest BCUT2D eigenvalue weighted by Gasteiger charge is -2.33. The third-order valence-corrected chi connectivity index (χ3v) is 10.3. The lowest BCUT2D eigenvalue weighted by molar-refractivity contribution is -0.145. The lowest BCUT2D eigenvalue weighted by atomic mass is 9.96. The Bertz CT molecular complexity index is 1800. The van der Waals surface area contributed by atoms with Gasteiger partial charge < -0.3 is 41.6 Å². The Morgan fingerprint density at radius 3 is 1.95 bits per heavy atom. The molecular formula is C43H56N6O9. The van der Waals surface area contributed by atoms with Crippen molar-refractivity contribution >= 4 is 35.7 Å². The SMILES string of the molecule is CC[C@H](C)[C@H](NC(=O)[C@@H]1CCCN1C[C@H](O)[C@H](Cc1ccccc1)NC(=O)[C@H](CC(N)=O)NC(=O)OCc1ccccc1)C(=O)N[C@@H](Cc1ccccc1)C(=O)OC. The summed E-state index contributed by atoms with van der Waals surface area (Å²) < 4.78 is 10.2. The fourth-order valence-corrected chi connectivity index (χ4v) is 6.86. The van der Waals surface area contributed by atoms with Crippen LogP contribution in [0.15, 0.2) is 91.0 Å². The third-order valence-electron chi connectivity index (χ3n) is 10.3. The van der Waals surface area contributed by atoms with Gasteiger partial charge in [0.25, 0.3) is 0 Å². The number of carbonyl (C=O) groups excluding carboxylic acids is 6. The van der Waals surface area contributed by atoms with Crippen LogP contribution >= 0.6 is 0 Å². The van der Waals surface area contributed by atoms with Crippen LogP contribution in [-0.4, -0.2) is 102 Å². The minimum atomic E-state index is -1.40. The number of aliphatic hydroxyl groups is 1. The van der Waals surface area contributed by atoms with Gasteiger partial charge in [-0.3, -0.25) is 24.1 Å². The Morgan fingerprint density at radius 2 is 1.38 bits per heavy atom. The first-order valence-corrected chi connectivity index (χ1v) is 19.6. The lowest BCUT2D eigenvalue weighted by Crippen LogP contribution is -2.59. The maximum Gasteiger partial charge on any atom is 0.408 e. The number of hydrogen-bond acceptors (Lipinski definition) is 10. The summed E-state index contributed by atoms with van der Waals surface area (Å²) in [6.45, 7) is 4.11. The molecule has 0 radical (unpaired) electrons. The van der Waals surface area contributed by atoms with Gasteiger partial charge in [0.15, 0.2) is 0 Å². The van der Waals surface area contributed by atoms with Crippen molar-refractivity contribution in [3.63, 3.8) is 0 Å². The molecule has 0 bridgehead atoms. The molecule has 312 valence electrons. The minimum absolute atomic E-state index is 0.0232. The first kappa shape index (κ1) is 44.9. The van der Waals surface area contributed by atoms with E-state index in [1.807, 2.05) is 85.5 Å². The molecule has 7 N–H and O–H groups in total. The van der Waals surface area contributed by atoms with Gasteiger partial charge in [-0.25, -0.2) is 9.59 Å². The Labute approximate surface area is 339 Å². The summed E-state index contributed by atoms with van der Waals surface area (Å²) in [5, 5.41) is 22.7. The highest BCUT2D eigenvalue weighted by atomic mass is 16.5. The summed E-state index contributed by atoms with van der Waals surface area (Å²) in [5.41, 5.74) is 7.78. The van der Waals surface area contributed by atoms with Gasteiger partial charge in [-0.05, 0) is 48.4 Å². The summed E-state index contributed by atoms with van der Waals surface area (Å²) in [7, 11) is 1.25. The average Bonchev–Trinajstić information content (AvgIpc) is 3.69. The van der Waals surface area contributed by atoms with Crippen molar-refractivity contribution < 1.29 is 43.3 Å². The summed E-state index contributed by atoms with van der Waals surface area (Å²) in [6, 6.07) is 22.3. The van der Waals surface area contributed by atoms with Crippen LogP contribution < -0.4 is 27.0 Å². The number of alkyl carbamates (subject to hydrolysis) is 1. The number of β-amino-alcohol motifs (C(OH)–C–C–N with tert-alkyl or cyclic N) is 1. The van der Waals surface area contributed by atoms with Crippen LogP contribution in [0.4, 0.5) is 4.79 Å². The number of hydrogen-bond donors (Lipinski definition) is 6. The molecule has 0 aliphatic carbocycles. The maximum atomic E-state index is 13.9. The zero-order valence-corrected chi connectivity index (χ0v) is 33.3. The quantitative estimate of drug-likeness (QED) is 0.0863.